The van der Waals surface area contributed by atoms with Gasteiger partial charge in [-0.2, -0.15) is 4.52 Å². The number of nitrogens with one attached hydrogen (secondary N) is 1. The van der Waals surface area contributed by atoms with Gasteiger partial charge in [0.15, 0.2) is 5.65 Å². The Morgan fingerprint density at radius 3 is 2.69 bits per heavy atom. The van der Waals surface area contributed by atoms with Crippen molar-refractivity contribution in [2.75, 3.05) is 5.32 Å². The molecule has 1 saturated carbocycles. The third kappa shape index (κ3) is 3.67. The largest absolute Gasteiger partial charge is 0.362 e. The van der Waals surface area contributed by atoms with Crippen molar-refractivity contribution in [1.82, 2.24) is 19.8 Å². The first-order valence-corrected chi connectivity index (χ1v) is 9.02. The lowest BCUT2D eigenvalue weighted by molar-refractivity contribution is 0.137. The summed E-state index contributed by atoms with van der Waals surface area (Å²) in [6.07, 6.45) is 0.332. The summed E-state index contributed by atoms with van der Waals surface area (Å²) in [7, 11) is 0. The van der Waals surface area contributed by atoms with Crippen molar-refractivity contribution in [3.8, 4) is 0 Å². The topological polar surface area (TPSA) is 55.1 Å². The van der Waals surface area contributed by atoms with Crippen molar-refractivity contribution in [2.45, 2.75) is 31.7 Å². The van der Waals surface area contributed by atoms with Crippen LogP contribution in [0.5, 0.6) is 0 Å². The Labute approximate surface area is 155 Å². The third-order valence-electron chi connectivity index (χ3n) is 4.36. The molecule has 0 radical (unpaired) electrons. The molecule has 2 aromatic heterocycles. The van der Waals surface area contributed by atoms with Crippen LogP contribution in [-0.4, -0.2) is 19.8 Å². The summed E-state index contributed by atoms with van der Waals surface area (Å²) in [5.74, 6) is 0.144. The zero-order valence-corrected chi connectivity index (χ0v) is 15.1. The number of aromatic nitrogens is 4. The van der Waals surface area contributed by atoms with Crippen molar-refractivity contribution < 1.29 is 13.2 Å². The van der Waals surface area contributed by atoms with Crippen molar-refractivity contribution in [3.63, 3.8) is 0 Å². The molecule has 3 aromatic rings. The van der Waals surface area contributed by atoms with E-state index >= 15 is 0 Å². The average molecular weight is 426 g/mol. The van der Waals surface area contributed by atoms with Crippen molar-refractivity contribution >= 4 is 27.4 Å². The van der Waals surface area contributed by atoms with Gasteiger partial charge in [-0.15, -0.1) is 15.3 Å². The second-order valence-corrected chi connectivity index (χ2v) is 7.34. The van der Waals surface area contributed by atoms with Crippen LogP contribution in [0.25, 0.3) is 5.65 Å². The molecule has 1 aliphatic carbocycles. The molecule has 1 fully saturated rings. The van der Waals surface area contributed by atoms with E-state index in [0.717, 1.165) is 29.3 Å². The fraction of sp³-hybridized carbons (Fsp3) is 0.353. The number of nitrogens with zero attached hydrogens (tertiary/aromatic N) is 4. The number of fused-ring (bicyclic) bond motifs is 1. The van der Waals surface area contributed by atoms with Gasteiger partial charge in [-0.1, -0.05) is 28.8 Å². The Kier molecular flexibility index (Phi) is 4.56. The maximum atomic E-state index is 13.8. The zero-order valence-electron chi connectivity index (χ0n) is 13.5. The maximum absolute atomic E-state index is 13.8. The molecule has 1 aromatic carbocycles. The highest BCUT2D eigenvalue weighted by Gasteiger charge is 2.27. The highest BCUT2D eigenvalue weighted by molar-refractivity contribution is 9.10. The van der Waals surface area contributed by atoms with Gasteiger partial charge < -0.3 is 5.32 Å². The van der Waals surface area contributed by atoms with Crippen LogP contribution in [0.4, 0.5) is 19.0 Å². The summed E-state index contributed by atoms with van der Waals surface area (Å²) < 4.78 is 41.5. The smallest absolute Gasteiger partial charge is 0.299 e. The van der Waals surface area contributed by atoms with Gasteiger partial charge in [-0.3, -0.25) is 0 Å². The van der Waals surface area contributed by atoms with Crippen LogP contribution in [-0.2, 0) is 0 Å². The zero-order chi connectivity index (χ0) is 18.3. The average Bonchev–Trinajstić information content (AvgIpc) is 3.29. The molecule has 4 rings (SSSR count). The molecule has 136 valence electrons. The van der Waals surface area contributed by atoms with E-state index in [1.54, 1.807) is 12.1 Å². The lowest BCUT2D eigenvalue weighted by Crippen LogP contribution is -2.14. The normalized spacial score (nSPS) is 15.6. The van der Waals surface area contributed by atoms with E-state index in [-0.39, 0.29) is 17.5 Å². The second kappa shape index (κ2) is 6.86. The quantitative estimate of drug-likeness (QED) is 0.608. The molecule has 1 atom stereocenters. The molecular weight excluding hydrogens is 411 g/mol. The van der Waals surface area contributed by atoms with Gasteiger partial charge in [0, 0.05) is 4.47 Å². The van der Waals surface area contributed by atoms with Crippen LogP contribution < -0.4 is 5.32 Å². The molecular formula is C17H15BrF3N5. The minimum Gasteiger partial charge on any atom is -0.362 e. The minimum absolute atomic E-state index is 0.175. The Balaban J connectivity index is 1.66. The monoisotopic (exact) mass is 425 g/mol. The van der Waals surface area contributed by atoms with Gasteiger partial charge in [-0.25, -0.2) is 13.2 Å². The van der Waals surface area contributed by atoms with Gasteiger partial charge >= 0.3 is 0 Å². The molecule has 0 aliphatic heterocycles. The molecule has 0 saturated heterocycles. The van der Waals surface area contributed by atoms with Crippen LogP contribution in [0.1, 0.15) is 43.1 Å². The van der Waals surface area contributed by atoms with Crippen LogP contribution >= 0.6 is 15.9 Å². The molecule has 1 aliphatic rings. The van der Waals surface area contributed by atoms with E-state index in [1.165, 1.54) is 12.1 Å². The van der Waals surface area contributed by atoms with E-state index < -0.39 is 12.2 Å². The fourth-order valence-corrected chi connectivity index (χ4v) is 3.42. The summed E-state index contributed by atoms with van der Waals surface area (Å²) in [5, 5.41) is 14.6. The molecule has 2 heterocycles. The number of hydrogen-bond donors (Lipinski definition) is 1. The first-order valence-electron chi connectivity index (χ1n) is 8.22. The van der Waals surface area contributed by atoms with E-state index in [0.29, 0.717) is 16.2 Å². The lowest BCUT2D eigenvalue weighted by atomic mass is 10.0. The third-order valence-corrected chi connectivity index (χ3v) is 4.82. The van der Waals surface area contributed by atoms with Gasteiger partial charge in [0.2, 0.25) is 5.82 Å². The Morgan fingerprint density at radius 1 is 1.19 bits per heavy atom. The first kappa shape index (κ1) is 17.3. The van der Waals surface area contributed by atoms with Crippen LogP contribution in [0, 0.1) is 11.7 Å². The molecule has 9 heteroatoms. The number of rotatable bonds is 6. The Bertz CT molecular complexity index is 921. The Morgan fingerprint density at radius 2 is 2.00 bits per heavy atom. The van der Waals surface area contributed by atoms with Crippen LogP contribution in [0.2, 0.25) is 0 Å². The van der Waals surface area contributed by atoms with Crippen LogP contribution in [0.3, 0.4) is 0 Å². The molecule has 1 N–H and O–H groups in total. The molecule has 0 spiro atoms. The maximum Gasteiger partial charge on any atom is 0.299 e. The summed E-state index contributed by atoms with van der Waals surface area (Å²) >= 11 is 3.31. The standard InChI is InChI=1S/C17H15BrF3N5/c18-11-6-10(7-12(19)8-11)13(5-9-1-2-9)22-14-3-4-15-23-24-17(16(20)21)26(15)25-14/h3-4,6-9,13,16H,1-2,5H2,(H,22,25). The van der Waals surface area contributed by atoms with Crippen LogP contribution in [0.15, 0.2) is 34.8 Å². The second-order valence-electron chi connectivity index (χ2n) is 6.43. The van der Waals surface area contributed by atoms with Gasteiger partial charge in [0.1, 0.15) is 11.6 Å². The van der Waals surface area contributed by atoms with E-state index in [2.05, 4.69) is 36.5 Å². The van der Waals surface area contributed by atoms with Crippen molar-refractivity contribution in [3.05, 3.63) is 52.0 Å². The number of alkyl halides is 2. The number of hydrogen-bond acceptors (Lipinski definition) is 4. The van der Waals surface area contributed by atoms with Gasteiger partial charge in [-0.05, 0) is 48.2 Å². The number of benzene rings is 1. The highest BCUT2D eigenvalue weighted by Crippen LogP contribution is 2.39. The Hall–Kier alpha value is -2.16. The van der Waals surface area contributed by atoms with Gasteiger partial charge in [0.25, 0.3) is 6.43 Å². The molecule has 0 amide bonds. The summed E-state index contributed by atoms with van der Waals surface area (Å²) in [5.41, 5.74) is 1.03. The molecule has 1 unspecified atom stereocenters. The summed E-state index contributed by atoms with van der Waals surface area (Å²) in [6.45, 7) is 0. The SMILES string of the molecule is Fc1cc(Br)cc(C(CC2CC2)Nc2ccc3nnc(C(F)F)n3n2)c1. The highest BCUT2D eigenvalue weighted by atomic mass is 79.9. The van der Waals surface area contributed by atoms with E-state index in [9.17, 15) is 13.2 Å². The van der Waals surface area contributed by atoms with Crippen molar-refractivity contribution in [2.24, 2.45) is 5.92 Å². The van der Waals surface area contributed by atoms with E-state index in [1.807, 2.05) is 6.07 Å². The lowest BCUT2D eigenvalue weighted by Gasteiger charge is -2.20. The summed E-state index contributed by atoms with van der Waals surface area (Å²) in [6, 6.07) is 7.79. The molecule has 26 heavy (non-hydrogen) atoms. The first-order chi connectivity index (χ1) is 12.5. The predicted molar refractivity (Wildman–Crippen MR) is 93.5 cm³/mol. The molecule has 0 bridgehead atoms. The number of anilines is 1. The minimum atomic E-state index is -2.77. The molecule has 5 nitrogen and oxygen atoms in total. The fourth-order valence-electron chi connectivity index (χ4n) is 2.94. The number of halogens is 4. The van der Waals surface area contributed by atoms with Gasteiger partial charge in [0.05, 0.1) is 6.04 Å². The van der Waals surface area contributed by atoms with E-state index in [4.69, 9.17) is 0 Å². The van der Waals surface area contributed by atoms with Crippen molar-refractivity contribution in [1.29, 1.82) is 0 Å². The predicted octanol–water partition coefficient (Wildman–Crippen LogP) is 4.92. The summed E-state index contributed by atoms with van der Waals surface area (Å²) in [4.78, 5) is 0.